The van der Waals surface area contributed by atoms with Gasteiger partial charge >= 0.3 is 0 Å². The summed E-state index contributed by atoms with van der Waals surface area (Å²) >= 11 is 0. The third-order valence-electron chi connectivity index (χ3n) is 2.60. The predicted octanol–water partition coefficient (Wildman–Crippen LogP) is 4.93. The maximum atomic E-state index is 13.2. The lowest BCUT2D eigenvalue weighted by molar-refractivity contribution is 0.623. The quantitative estimate of drug-likeness (QED) is 0.631. The maximum absolute atomic E-state index is 13.2. The van der Waals surface area contributed by atoms with Gasteiger partial charge in [-0.05, 0) is 48.6 Å². The third-order valence-corrected chi connectivity index (χ3v) is 2.60. The van der Waals surface area contributed by atoms with Crippen LogP contribution in [-0.2, 0) is 0 Å². The van der Waals surface area contributed by atoms with Crippen LogP contribution < -0.4 is 0 Å². The summed E-state index contributed by atoms with van der Waals surface area (Å²) < 4.78 is 13.2. The summed E-state index contributed by atoms with van der Waals surface area (Å²) in [6.07, 6.45) is 6.05. The molecule has 16 heavy (non-hydrogen) atoms. The Morgan fingerprint density at radius 2 is 2.00 bits per heavy atom. The molecule has 0 saturated heterocycles. The Morgan fingerprint density at radius 3 is 2.56 bits per heavy atom. The fraction of sp³-hybridized carbons (Fsp3) is 0.333. The summed E-state index contributed by atoms with van der Waals surface area (Å²) in [5.74, 6) is 0.172. The van der Waals surface area contributed by atoms with E-state index >= 15 is 0 Å². The second kappa shape index (κ2) is 5.64. The van der Waals surface area contributed by atoms with E-state index in [1.54, 1.807) is 6.07 Å². The van der Waals surface area contributed by atoms with Crippen molar-refractivity contribution in [2.75, 3.05) is 0 Å². The zero-order chi connectivity index (χ0) is 12.1. The molecule has 0 radical (unpaired) electrons. The topological polar surface area (TPSA) is 0 Å². The van der Waals surface area contributed by atoms with E-state index in [2.05, 4.69) is 26.8 Å². The van der Waals surface area contributed by atoms with Gasteiger partial charge in [0.05, 0.1) is 0 Å². The number of rotatable bonds is 3. The summed E-state index contributed by atoms with van der Waals surface area (Å²) in [6, 6.07) is 5.02. The first-order valence-electron chi connectivity index (χ1n) is 5.65. The Bertz CT molecular complexity index is 411. The predicted molar refractivity (Wildman–Crippen MR) is 69.0 cm³/mol. The van der Waals surface area contributed by atoms with Gasteiger partial charge in [0.15, 0.2) is 0 Å². The van der Waals surface area contributed by atoms with Crippen LogP contribution in [0.5, 0.6) is 0 Å². The van der Waals surface area contributed by atoms with Crippen LogP contribution in [0, 0.1) is 5.82 Å². The van der Waals surface area contributed by atoms with Crippen LogP contribution in [0.3, 0.4) is 0 Å². The highest BCUT2D eigenvalue weighted by atomic mass is 19.1. The van der Waals surface area contributed by atoms with Crippen molar-refractivity contribution in [3.8, 4) is 0 Å². The van der Waals surface area contributed by atoms with Gasteiger partial charge in [-0.25, -0.2) is 4.39 Å². The van der Waals surface area contributed by atoms with Crippen molar-refractivity contribution in [2.24, 2.45) is 0 Å². The molecule has 0 spiro atoms. The van der Waals surface area contributed by atoms with Crippen LogP contribution in [0.2, 0.25) is 0 Å². The molecule has 1 rings (SSSR count). The van der Waals surface area contributed by atoms with Gasteiger partial charge in [-0.1, -0.05) is 38.1 Å². The molecule has 0 bridgehead atoms. The molecule has 0 atom stereocenters. The summed E-state index contributed by atoms with van der Waals surface area (Å²) in [7, 11) is 0. The van der Waals surface area contributed by atoms with Gasteiger partial charge in [-0.15, -0.1) is 0 Å². The van der Waals surface area contributed by atoms with Crippen LogP contribution in [0.25, 0.3) is 5.57 Å². The van der Waals surface area contributed by atoms with Crippen molar-refractivity contribution in [3.05, 3.63) is 53.4 Å². The van der Waals surface area contributed by atoms with E-state index in [0.717, 1.165) is 11.1 Å². The number of benzene rings is 1. The minimum absolute atomic E-state index is 0.161. The van der Waals surface area contributed by atoms with Crippen LogP contribution in [0.1, 0.15) is 44.7 Å². The molecule has 0 N–H and O–H groups in total. The molecule has 86 valence electrons. The second-order valence-corrected chi connectivity index (χ2v) is 4.26. The Kier molecular flexibility index (Phi) is 4.48. The van der Waals surface area contributed by atoms with Gasteiger partial charge in [0.1, 0.15) is 5.82 Å². The summed E-state index contributed by atoms with van der Waals surface area (Å²) in [4.78, 5) is 0. The van der Waals surface area contributed by atoms with Crippen molar-refractivity contribution in [1.82, 2.24) is 0 Å². The van der Waals surface area contributed by atoms with Crippen molar-refractivity contribution in [1.29, 1.82) is 0 Å². The highest BCUT2D eigenvalue weighted by molar-refractivity contribution is 5.68. The van der Waals surface area contributed by atoms with Crippen LogP contribution in [0.15, 0.2) is 36.4 Å². The first kappa shape index (κ1) is 12.7. The lowest BCUT2D eigenvalue weighted by Gasteiger charge is -2.13. The van der Waals surface area contributed by atoms with Gasteiger partial charge in [0.25, 0.3) is 0 Å². The molecule has 0 amide bonds. The van der Waals surface area contributed by atoms with E-state index in [1.165, 1.54) is 11.6 Å². The SMILES string of the molecule is C/C=C\C=C(/C)c1ccc(F)cc1C(C)C. The minimum atomic E-state index is -0.161. The molecule has 0 heterocycles. The molecular weight excluding hydrogens is 199 g/mol. The van der Waals surface area contributed by atoms with Crippen molar-refractivity contribution < 1.29 is 4.39 Å². The first-order chi connectivity index (χ1) is 7.56. The maximum Gasteiger partial charge on any atom is 0.123 e. The Labute approximate surface area is 97.5 Å². The molecular formula is C15H19F. The largest absolute Gasteiger partial charge is 0.207 e. The Morgan fingerprint density at radius 1 is 1.31 bits per heavy atom. The molecule has 0 nitrogen and oxygen atoms in total. The minimum Gasteiger partial charge on any atom is -0.207 e. The van der Waals surface area contributed by atoms with Crippen molar-refractivity contribution in [3.63, 3.8) is 0 Å². The highest BCUT2D eigenvalue weighted by Crippen LogP contribution is 2.26. The van der Waals surface area contributed by atoms with Crippen molar-refractivity contribution >= 4 is 5.57 Å². The zero-order valence-corrected chi connectivity index (χ0v) is 10.4. The normalized spacial score (nSPS) is 12.8. The van der Waals surface area contributed by atoms with E-state index in [4.69, 9.17) is 0 Å². The van der Waals surface area contributed by atoms with E-state index in [1.807, 2.05) is 25.1 Å². The van der Waals surface area contributed by atoms with Gasteiger partial charge in [0, 0.05) is 0 Å². The first-order valence-corrected chi connectivity index (χ1v) is 5.65. The van der Waals surface area contributed by atoms with Crippen LogP contribution in [-0.4, -0.2) is 0 Å². The lowest BCUT2D eigenvalue weighted by Crippen LogP contribution is -1.95. The van der Waals surface area contributed by atoms with E-state index < -0.39 is 0 Å². The number of allylic oxidation sites excluding steroid dienone is 4. The summed E-state index contributed by atoms with van der Waals surface area (Å²) in [6.45, 7) is 8.21. The number of halogens is 1. The van der Waals surface area contributed by atoms with Gasteiger partial charge in [-0.3, -0.25) is 0 Å². The van der Waals surface area contributed by atoms with Gasteiger partial charge < -0.3 is 0 Å². The average Bonchev–Trinajstić information content (AvgIpc) is 2.25. The summed E-state index contributed by atoms with van der Waals surface area (Å²) in [5.41, 5.74) is 3.37. The molecule has 1 heteroatoms. The van der Waals surface area contributed by atoms with Crippen molar-refractivity contribution in [2.45, 2.75) is 33.6 Å². The van der Waals surface area contributed by atoms with Gasteiger partial charge in [0.2, 0.25) is 0 Å². The number of hydrogen-bond acceptors (Lipinski definition) is 0. The Balaban J connectivity index is 3.22. The standard InChI is InChI=1S/C15H19F/c1-5-6-7-12(4)14-9-8-13(16)10-15(14)11(2)3/h5-11H,1-4H3/b6-5-,12-7+. The van der Waals surface area contributed by atoms with Gasteiger partial charge in [-0.2, -0.15) is 0 Å². The molecule has 0 aliphatic carbocycles. The highest BCUT2D eigenvalue weighted by Gasteiger charge is 2.08. The van der Waals surface area contributed by atoms with Crippen LogP contribution >= 0.6 is 0 Å². The summed E-state index contributed by atoms with van der Waals surface area (Å²) in [5, 5.41) is 0. The zero-order valence-electron chi connectivity index (χ0n) is 10.4. The third kappa shape index (κ3) is 3.06. The number of hydrogen-bond donors (Lipinski definition) is 0. The molecule has 0 fully saturated rings. The monoisotopic (exact) mass is 218 g/mol. The molecule has 1 aromatic carbocycles. The fourth-order valence-corrected chi connectivity index (χ4v) is 1.70. The molecule has 0 unspecified atom stereocenters. The molecule has 0 saturated carbocycles. The molecule has 0 aliphatic rings. The van der Waals surface area contributed by atoms with Crippen LogP contribution in [0.4, 0.5) is 4.39 Å². The molecule has 0 aromatic heterocycles. The smallest absolute Gasteiger partial charge is 0.123 e. The van der Waals surface area contributed by atoms with E-state index in [0.29, 0.717) is 5.92 Å². The molecule has 0 aliphatic heterocycles. The van der Waals surface area contributed by atoms with E-state index in [-0.39, 0.29) is 5.82 Å². The fourth-order valence-electron chi connectivity index (χ4n) is 1.70. The molecule has 1 aromatic rings. The Hall–Kier alpha value is -1.37. The van der Waals surface area contributed by atoms with E-state index in [9.17, 15) is 4.39 Å². The second-order valence-electron chi connectivity index (χ2n) is 4.26. The lowest BCUT2D eigenvalue weighted by atomic mass is 9.93. The average molecular weight is 218 g/mol.